The van der Waals surface area contributed by atoms with Crippen molar-refractivity contribution in [3.05, 3.63) is 52.4 Å². The summed E-state index contributed by atoms with van der Waals surface area (Å²) in [6, 6.07) is 10.1. The molecular formula is C12H12ClNO2S2. The molecule has 0 radical (unpaired) electrons. The smallest absolute Gasteiger partial charge is 0.206 e. The van der Waals surface area contributed by atoms with Gasteiger partial charge in [0.15, 0.2) is 0 Å². The Bertz CT molecular complexity index is 623. The minimum absolute atomic E-state index is 0.307. The van der Waals surface area contributed by atoms with E-state index in [2.05, 4.69) is 4.72 Å². The van der Waals surface area contributed by atoms with Crippen LogP contribution < -0.4 is 4.72 Å². The number of halogens is 1. The van der Waals surface area contributed by atoms with Gasteiger partial charge in [0.25, 0.3) is 10.0 Å². The number of thiophene rings is 1. The van der Waals surface area contributed by atoms with E-state index >= 15 is 0 Å². The van der Waals surface area contributed by atoms with Crippen molar-refractivity contribution in [2.24, 2.45) is 0 Å². The van der Waals surface area contributed by atoms with Crippen molar-refractivity contribution < 1.29 is 8.42 Å². The third-order valence-corrected chi connectivity index (χ3v) is 5.75. The second kappa shape index (κ2) is 5.40. The number of nitrogens with one attached hydrogen (secondary N) is 1. The van der Waals surface area contributed by atoms with E-state index in [1.807, 2.05) is 18.2 Å². The van der Waals surface area contributed by atoms with Gasteiger partial charge >= 0.3 is 0 Å². The molecule has 0 saturated carbocycles. The Hall–Kier alpha value is -0.880. The number of hydrogen-bond acceptors (Lipinski definition) is 3. The largest absolute Gasteiger partial charge is 0.250 e. The molecule has 96 valence electrons. The fraction of sp³-hybridized carbons (Fsp3) is 0.167. The molecule has 18 heavy (non-hydrogen) atoms. The van der Waals surface area contributed by atoms with Crippen LogP contribution in [-0.4, -0.2) is 8.42 Å². The standard InChI is InChI=1S/C12H12ClNO2S2/c1-9(10-5-2-3-6-11(10)13)14-18(15,16)12-7-4-8-17-12/h2-9,14H,1H3. The molecule has 0 spiro atoms. The molecule has 1 heterocycles. The van der Waals surface area contributed by atoms with Crippen LogP contribution in [0.15, 0.2) is 46.0 Å². The highest BCUT2D eigenvalue weighted by Gasteiger charge is 2.20. The van der Waals surface area contributed by atoms with E-state index in [-0.39, 0.29) is 6.04 Å². The minimum atomic E-state index is -3.47. The molecule has 1 aromatic heterocycles. The summed E-state index contributed by atoms with van der Waals surface area (Å²) in [4.78, 5) is 0. The third kappa shape index (κ3) is 2.92. The quantitative estimate of drug-likeness (QED) is 0.940. The summed E-state index contributed by atoms with van der Waals surface area (Å²) in [5.74, 6) is 0. The van der Waals surface area contributed by atoms with E-state index in [1.54, 1.807) is 30.5 Å². The van der Waals surface area contributed by atoms with Crippen LogP contribution in [0.1, 0.15) is 18.5 Å². The molecule has 0 aliphatic heterocycles. The zero-order chi connectivity index (χ0) is 13.2. The lowest BCUT2D eigenvalue weighted by Crippen LogP contribution is -2.26. The summed E-state index contributed by atoms with van der Waals surface area (Å²) in [5.41, 5.74) is 0.763. The van der Waals surface area contributed by atoms with E-state index < -0.39 is 10.0 Å². The van der Waals surface area contributed by atoms with E-state index in [1.165, 1.54) is 11.3 Å². The topological polar surface area (TPSA) is 46.2 Å². The summed E-state index contributed by atoms with van der Waals surface area (Å²) in [6.07, 6.45) is 0. The first-order valence-corrected chi connectivity index (χ1v) is 8.05. The van der Waals surface area contributed by atoms with Gasteiger partial charge in [0.05, 0.1) is 0 Å². The van der Waals surface area contributed by atoms with Gasteiger partial charge in [0.1, 0.15) is 4.21 Å². The van der Waals surface area contributed by atoms with Gasteiger partial charge in [-0.15, -0.1) is 11.3 Å². The van der Waals surface area contributed by atoms with Crippen molar-refractivity contribution in [2.75, 3.05) is 0 Å². The Balaban J connectivity index is 2.23. The summed E-state index contributed by atoms with van der Waals surface area (Å²) < 4.78 is 27.0. The van der Waals surface area contributed by atoms with Gasteiger partial charge in [-0.3, -0.25) is 0 Å². The summed E-state index contributed by atoms with van der Waals surface area (Å²) in [5, 5.41) is 2.29. The molecule has 3 nitrogen and oxygen atoms in total. The fourth-order valence-corrected chi connectivity index (χ4v) is 4.13. The van der Waals surface area contributed by atoms with Gasteiger partial charge in [-0.25, -0.2) is 13.1 Å². The van der Waals surface area contributed by atoms with Crippen LogP contribution in [0.5, 0.6) is 0 Å². The number of benzene rings is 1. The van der Waals surface area contributed by atoms with Crippen LogP contribution in [-0.2, 0) is 10.0 Å². The predicted molar refractivity (Wildman–Crippen MR) is 74.5 cm³/mol. The van der Waals surface area contributed by atoms with Gasteiger partial charge in [0.2, 0.25) is 0 Å². The minimum Gasteiger partial charge on any atom is -0.206 e. The molecule has 1 aromatic carbocycles. The SMILES string of the molecule is CC(NS(=O)(=O)c1cccs1)c1ccccc1Cl. The zero-order valence-electron chi connectivity index (χ0n) is 9.63. The van der Waals surface area contributed by atoms with Crippen molar-refractivity contribution >= 4 is 33.0 Å². The van der Waals surface area contributed by atoms with Gasteiger partial charge in [-0.2, -0.15) is 0 Å². The Morgan fingerprint density at radius 2 is 1.94 bits per heavy atom. The Morgan fingerprint density at radius 3 is 2.56 bits per heavy atom. The first-order valence-electron chi connectivity index (χ1n) is 5.31. The molecule has 2 rings (SSSR count). The summed E-state index contributed by atoms with van der Waals surface area (Å²) >= 11 is 7.23. The molecule has 1 N–H and O–H groups in total. The van der Waals surface area contributed by atoms with Crippen LogP contribution in [0, 0.1) is 0 Å². The van der Waals surface area contributed by atoms with E-state index in [4.69, 9.17) is 11.6 Å². The third-order valence-electron chi connectivity index (χ3n) is 2.46. The molecule has 0 saturated heterocycles. The Labute approximate surface area is 115 Å². The molecule has 1 unspecified atom stereocenters. The molecule has 2 aromatic rings. The second-order valence-electron chi connectivity index (χ2n) is 3.80. The highest BCUT2D eigenvalue weighted by molar-refractivity contribution is 7.91. The maximum Gasteiger partial charge on any atom is 0.250 e. The van der Waals surface area contributed by atoms with Gasteiger partial charge < -0.3 is 0 Å². The van der Waals surface area contributed by atoms with Crippen molar-refractivity contribution in [3.63, 3.8) is 0 Å². The average molecular weight is 302 g/mol. The van der Waals surface area contributed by atoms with Crippen molar-refractivity contribution in [1.29, 1.82) is 0 Å². The van der Waals surface area contributed by atoms with Crippen LogP contribution >= 0.6 is 22.9 Å². The predicted octanol–water partition coefficient (Wildman–Crippen LogP) is 3.44. The first kappa shape index (κ1) is 13.5. The van der Waals surface area contributed by atoms with Crippen molar-refractivity contribution in [1.82, 2.24) is 4.72 Å². The van der Waals surface area contributed by atoms with E-state index in [0.717, 1.165) is 5.56 Å². The highest BCUT2D eigenvalue weighted by atomic mass is 35.5. The van der Waals surface area contributed by atoms with Crippen LogP contribution in [0.25, 0.3) is 0 Å². The zero-order valence-corrected chi connectivity index (χ0v) is 12.0. The Kier molecular flexibility index (Phi) is 4.07. The molecule has 0 aliphatic carbocycles. The maximum absolute atomic E-state index is 12.0. The lowest BCUT2D eigenvalue weighted by Gasteiger charge is -2.15. The van der Waals surface area contributed by atoms with Crippen LogP contribution in [0.4, 0.5) is 0 Å². The molecule has 0 bridgehead atoms. The van der Waals surface area contributed by atoms with Crippen LogP contribution in [0.3, 0.4) is 0 Å². The lowest BCUT2D eigenvalue weighted by atomic mass is 10.1. The van der Waals surface area contributed by atoms with Gasteiger partial charge in [-0.1, -0.05) is 35.9 Å². The summed E-state index contributed by atoms with van der Waals surface area (Å²) in [7, 11) is -3.47. The fourth-order valence-electron chi connectivity index (χ4n) is 1.60. The monoisotopic (exact) mass is 301 g/mol. The number of sulfonamides is 1. The molecular weight excluding hydrogens is 290 g/mol. The molecule has 1 atom stereocenters. The second-order valence-corrected chi connectivity index (χ2v) is 7.09. The van der Waals surface area contributed by atoms with Gasteiger partial charge in [0, 0.05) is 11.1 Å². The first-order chi connectivity index (χ1) is 8.50. The van der Waals surface area contributed by atoms with Crippen molar-refractivity contribution in [3.8, 4) is 0 Å². The number of hydrogen-bond donors (Lipinski definition) is 1. The van der Waals surface area contributed by atoms with Crippen molar-refractivity contribution in [2.45, 2.75) is 17.2 Å². The average Bonchev–Trinajstić information content (AvgIpc) is 2.82. The van der Waals surface area contributed by atoms with Gasteiger partial charge in [-0.05, 0) is 30.0 Å². The highest BCUT2D eigenvalue weighted by Crippen LogP contribution is 2.25. The normalized spacial score (nSPS) is 13.4. The lowest BCUT2D eigenvalue weighted by molar-refractivity contribution is 0.569. The van der Waals surface area contributed by atoms with Crippen LogP contribution in [0.2, 0.25) is 5.02 Å². The van der Waals surface area contributed by atoms with E-state index in [0.29, 0.717) is 9.23 Å². The van der Waals surface area contributed by atoms with E-state index in [9.17, 15) is 8.42 Å². The molecule has 6 heteroatoms. The maximum atomic E-state index is 12.0. The Morgan fingerprint density at radius 1 is 1.22 bits per heavy atom. The molecule has 0 fully saturated rings. The summed E-state index contributed by atoms with van der Waals surface area (Å²) in [6.45, 7) is 1.77. The number of rotatable bonds is 4. The molecule has 0 aliphatic rings. The molecule has 0 amide bonds.